The number of nitrogens with zero attached hydrogens (tertiary/aromatic N) is 3. The van der Waals surface area contributed by atoms with Gasteiger partial charge in [-0.2, -0.15) is 0 Å². The fourth-order valence-electron chi connectivity index (χ4n) is 0.873. The molecular formula is C7H5ClN4O2S. The van der Waals surface area contributed by atoms with Crippen molar-refractivity contribution in [2.45, 2.75) is 6.54 Å². The summed E-state index contributed by atoms with van der Waals surface area (Å²) < 4.78 is 5.04. The minimum atomic E-state index is -0.337. The maximum absolute atomic E-state index is 11.4. The number of hydrogen-bond acceptors (Lipinski definition) is 6. The molecule has 0 saturated carbocycles. The molecule has 0 radical (unpaired) electrons. The number of carbonyl (C=O) groups excluding carboxylic acids is 1. The van der Waals surface area contributed by atoms with E-state index in [1.807, 2.05) is 0 Å². The molecule has 2 heterocycles. The smallest absolute Gasteiger partial charge is 0.282 e. The van der Waals surface area contributed by atoms with E-state index in [1.165, 1.54) is 6.20 Å². The fourth-order valence-corrected chi connectivity index (χ4v) is 1.62. The third-order valence-corrected chi connectivity index (χ3v) is 2.53. The Morgan fingerprint density at radius 2 is 2.47 bits per heavy atom. The lowest BCUT2D eigenvalue weighted by molar-refractivity contribution is 0.0946. The van der Waals surface area contributed by atoms with Gasteiger partial charge < -0.3 is 9.84 Å². The van der Waals surface area contributed by atoms with Gasteiger partial charge in [0.25, 0.3) is 5.91 Å². The quantitative estimate of drug-likeness (QED) is 0.875. The highest BCUT2D eigenvalue weighted by molar-refractivity contribution is 7.17. The predicted octanol–water partition coefficient (Wildman–Crippen LogP) is 1.11. The summed E-state index contributed by atoms with van der Waals surface area (Å²) in [6.07, 6.45) is 1.50. The second-order valence-electron chi connectivity index (χ2n) is 2.52. The molecule has 0 saturated heterocycles. The first-order chi connectivity index (χ1) is 7.25. The Kier molecular flexibility index (Phi) is 2.93. The van der Waals surface area contributed by atoms with E-state index in [0.29, 0.717) is 5.76 Å². The van der Waals surface area contributed by atoms with Gasteiger partial charge in [0.05, 0.1) is 12.7 Å². The molecule has 0 aliphatic heterocycles. The molecule has 78 valence electrons. The van der Waals surface area contributed by atoms with E-state index < -0.39 is 0 Å². The lowest BCUT2D eigenvalue weighted by atomic mass is 10.4. The molecule has 0 aliphatic carbocycles. The van der Waals surface area contributed by atoms with Crippen LogP contribution in [0.25, 0.3) is 0 Å². The van der Waals surface area contributed by atoms with Gasteiger partial charge in [-0.05, 0) is 11.6 Å². The van der Waals surface area contributed by atoms with Crippen LogP contribution in [0.1, 0.15) is 15.6 Å². The average molecular weight is 245 g/mol. The van der Waals surface area contributed by atoms with Crippen molar-refractivity contribution in [1.29, 1.82) is 0 Å². The van der Waals surface area contributed by atoms with Crippen LogP contribution >= 0.6 is 22.9 Å². The zero-order valence-corrected chi connectivity index (χ0v) is 8.88. The number of hydrogen-bond donors (Lipinski definition) is 1. The van der Waals surface area contributed by atoms with Crippen LogP contribution in [-0.2, 0) is 6.54 Å². The predicted molar refractivity (Wildman–Crippen MR) is 52.6 cm³/mol. The lowest BCUT2D eigenvalue weighted by Gasteiger charge is -1.97. The molecule has 1 N–H and O–H groups in total. The molecule has 6 nitrogen and oxygen atoms in total. The van der Waals surface area contributed by atoms with Crippen LogP contribution in [0.2, 0.25) is 4.47 Å². The van der Waals surface area contributed by atoms with Crippen molar-refractivity contribution >= 4 is 28.8 Å². The van der Waals surface area contributed by atoms with Crippen LogP contribution in [0, 0.1) is 0 Å². The van der Waals surface area contributed by atoms with Gasteiger partial charge >= 0.3 is 0 Å². The lowest BCUT2D eigenvalue weighted by Crippen LogP contribution is -2.22. The van der Waals surface area contributed by atoms with Gasteiger partial charge in [0, 0.05) is 6.07 Å². The van der Waals surface area contributed by atoms with E-state index in [1.54, 1.807) is 6.07 Å². The van der Waals surface area contributed by atoms with Crippen molar-refractivity contribution in [2.75, 3.05) is 0 Å². The minimum absolute atomic E-state index is 0.222. The molecule has 2 aromatic rings. The number of rotatable bonds is 3. The first kappa shape index (κ1) is 10.1. The van der Waals surface area contributed by atoms with E-state index in [4.69, 9.17) is 16.1 Å². The number of halogens is 1. The number of amides is 1. The van der Waals surface area contributed by atoms with Crippen molar-refractivity contribution in [3.8, 4) is 0 Å². The van der Waals surface area contributed by atoms with E-state index in [2.05, 4.69) is 20.7 Å². The van der Waals surface area contributed by atoms with Crippen molar-refractivity contribution in [3.05, 3.63) is 27.5 Å². The highest BCUT2D eigenvalue weighted by Gasteiger charge is 2.11. The Bertz CT molecular complexity index is 455. The van der Waals surface area contributed by atoms with Gasteiger partial charge in [-0.3, -0.25) is 4.79 Å². The molecule has 2 rings (SSSR count). The van der Waals surface area contributed by atoms with E-state index >= 15 is 0 Å². The van der Waals surface area contributed by atoms with Crippen molar-refractivity contribution in [3.63, 3.8) is 0 Å². The summed E-state index contributed by atoms with van der Waals surface area (Å²) in [4.78, 5) is 11.4. The fraction of sp³-hybridized carbons (Fsp3) is 0.143. The molecule has 15 heavy (non-hydrogen) atoms. The van der Waals surface area contributed by atoms with Crippen LogP contribution in [0.3, 0.4) is 0 Å². The van der Waals surface area contributed by atoms with Gasteiger partial charge in [-0.1, -0.05) is 16.5 Å². The largest absolute Gasteiger partial charge is 0.360 e. The summed E-state index contributed by atoms with van der Waals surface area (Å²) in [5.41, 5.74) is 0. The Morgan fingerprint density at radius 3 is 3.07 bits per heavy atom. The molecule has 0 spiro atoms. The molecule has 8 heteroatoms. The van der Waals surface area contributed by atoms with Gasteiger partial charge in [0.1, 0.15) is 0 Å². The first-order valence-corrected chi connectivity index (χ1v) is 5.12. The van der Waals surface area contributed by atoms with Crippen molar-refractivity contribution < 1.29 is 9.32 Å². The molecule has 0 aliphatic rings. The Hall–Kier alpha value is -1.47. The average Bonchev–Trinajstić information content (AvgIpc) is 2.84. The van der Waals surface area contributed by atoms with Gasteiger partial charge in [0.15, 0.2) is 5.76 Å². The summed E-state index contributed by atoms with van der Waals surface area (Å²) in [5, 5.41) is 13.4. The third-order valence-electron chi connectivity index (χ3n) is 1.51. The maximum Gasteiger partial charge on any atom is 0.282 e. The van der Waals surface area contributed by atoms with E-state index in [-0.39, 0.29) is 21.9 Å². The summed E-state index contributed by atoms with van der Waals surface area (Å²) in [6, 6.07) is 1.66. The van der Waals surface area contributed by atoms with Gasteiger partial charge in [-0.25, -0.2) is 0 Å². The molecule has 1 amide bonds. The maximum atomic E-state index is 11.4. The SMILES string of the molecule is O=C(NCc1ccno1)c1nnc(Cl)s1. The second kappa shape index (κ2) is 4.37. The topological polar surface area (TPSA) is 80.9 Å². The molecule has 0 fully saturated rings. The standard InChI is InChI=1S/C7H5ClN4O2S/c8-7-12-11-6(15-7)5(13)9-3-4-1-2-10-14-4/h1-2H,3H2,(H,9,13). The number of aromatic nitrogens is 3. The molecule has 0 bridgehead atoms. The van der Waals surface area contributed by atoms with Crippen LogP contribution in [0.15, 0.2) is 16.8 Å². The normalized spacial score (nSPS) is 10.2. The summed E-state index contributed by atoms with van der Waals surface area (Å²) in [7, 11) is 0. The zero-order chi connectivity index (χ0) is 10.7. The summed E-state index contributed by atoms with van der Waals surface area (Å²) >= 11 is 6.56. The third kappa shape index (κ3) is 2.51. The minimum Gasteiger partial charge on any atom is -0.360 e. The first-order valence-electron chi connectivity index (χ1n) is 3.92. The van der Waals surface area contributed by atoms with E-state index in [0.717, 1.165) is 11.3 Å². The van der Waals surface area contributed by atoms with Crippen LogP contribution in [-0.4, -0.2) is 21.3 Å². The zero-order valence-electron chi connectivity index (χ0n) is 7.31. The Balaban J connectivity index is 1.93. The van der Waals surface area contributed by atoms with Crippen molar-refractivity contribution in [2.24, 2.45) is 0 Å². The van der Waals surface area contributed by atoms with Crippen LogP contribution in [0.5, 0.6) is 0 Å². The summed E-state index contributed by atoms with van der Waals surface area (Å²) in [5.74, 6) is 0.231. The number of nitrogens with one attached hydrogen (secondary N) is 1. The second-order valence-corrected chi connectivity index (χ2v) is 4.08. The highest BCUT2D eigenvalue weighted by atomic mass is 35.5. The Morgan fingerprint density at radius 1 is 1.60 bits per heavy atom. The molecular weight excluding hydrogens is 240 g/mol. The van der Waals surface area contributed by atoms with Gasteiger partial charge in [-0.15, -0.1) is 10.2 Å². The molecule has 0 atom stereocenters. The molecule has 0 aromatic carbocycles. The van der Waals surface area contributed by atoms with Crippen LogP contribution < -0.4 is 5.32 Å². The van der Waals surface area contributed by atoms with Crippen LogP contribution in [0.4, 0.5) is 0 Å². The molecule has 2 aromatic heterocycles. The number of carbonyl (C=O) groups is 1. The Labute approximate surface area is 93.2 Å². The van der Waals surface area contributed by atoms with Gasteiger partial charge in [0.2, 0.25) is 9.47 Å². The highest BCUT2D eigenvalue weighted by Crippen LogP contribution is 2.14. The van der Waals surface area contributed by atoms with Crippen molar-refractivity contribution in [1.82, 2.24) is 20.7 Å². The van der Waals surface area contributed by atoms with E-state index in [9.17, 15) is 4.79 Å². The monoisotopic (exact) mass is 244 g/mol. The summed E-state index contributed by atoms with van der Waals surface area (Å²) in [6.45, 7) is 0.260. The molecule has 0 unspecified atom stereocenters.